The van der Waals surface area contributed by atoms with Crippen molar-refractivity contribution in [2.24, 2.45) is 0 Å². The van der Waals surface area contributed by atoms with Crippen LogP contribution < -0.4 is 5.32 Å². The average molecular weight is 446 g/mol. The topological polar surface area (TPSA) is 78.8 Å². The van der Waals surface area contributed by atoms with Gasteiger partial charge in [0.2, 0.25) is 5.91 Å². The van der Waals surface area contributed by atoms with Gasteiger partial charge in [0.1, 0.15) is 11.6 Å². The van der Waals surface area contributed by atoms with Gasteiger partial charge in [0.05, 0.1) is 36.2 Å². The van der Waals surface area contributed by atoms with Gasteiger partial charge in [-0.3, -0.25) is 9.69 Å². The number of anilines is 1. The van der Waals surface area contributed by atoms with E-state index in [9.17, 15) is 18.0 Å². The lowest BCUT2D eigenvalue weighted by Crippen LogP contribution is -2.33. The molecule has 0 saturated carbocycles. The lowest BCUT2D eigenvalue weighted by molar-refractivity contribution is -0.137. The first-order chi connectivity index (χ1) is 15.2. The second-order valence-electron chi connectivity index (χ2n) is 8.16. The number of imidazole rings is 1. The Balaban J connectivity index is 1.49. The molecule has 2 aromatic heterocycles. The van der Waals surface area contributed by atoms with Crippen molar-refractivity contribution in [3.8, 4) is 11.3 Å². The standard InChI is InChI=1S/C22H25F3N6O/c1-14(2)31-19(9-10-27-31)29-20(32)13-30-11-5-8-18(30)21-26-12-17(28-21)15-6-3-4-7-16(15)22(23,24)25/h3-4,6-7,9-10,12,14,18H,5,8,11,13H2,1-2H3,(H,26,28)(H,29,32). The van der Waals surface area contributed by atoms with Crippen LogP contribution in [0.4, 0.5) is 19.0 Å². The molecule has 170 valence electrons. The molecule has 0 bridgehead atoms. The summed E-state index contributed by atoms with van der Waals surface area (Å²) in [5, 5.41) is 7.10. The Bertz CT molecular complexity index is 1090. The smallest absolute Gasteiger partial charge is 0.341 e. The molecule has 1 saturated heterocycles. The van der Waals surface area contributed by atoms with Crippen molar-refractivity contribution in [3.63, 3.8) is 0 Å². The third kappa shape index (κ3) is 4.55. The van der Waals surface area contributed by atoms with E-state index in [4.69, 9.17) is 0 Å². The SMILES string of the molecule is CC(C)n1nccc1NC(=O)CN1CCCC1c1ncc(-c2ccccc2C(F)(F)F)[nH]1. The van der Waals surface area contributed by atoms with Crippen molar-refractivity contribution in [2.75, 3.05) is 18.4 Å². The van der Waals surface area contributed by atoms with Crippen LogP contribution in [0.25, 0.3) is 11.3 Å². The van der Waals surface area contributed by atoms with Gasteiger partial charge in [0, 0.05) is 17.7 Å². The number of carbonyl (C=O) groups excluding carboxylic acids is 1. The predicted octanol–water partition coefficient (Wildman–Crippen LogP) is 4.65. The minimum Gasteiger partial charge on any atom is -0.341 e. The minimum atomic E-state index is -4.46. The Morgan fingerprint density at radius 3 is 2.81 bits per heavy atom. The number of aromatic nitrogens is 4. The summed E-state index contributed by atoms with van der Waals surface area (Å²) in [5.74, 6) is 1.02. The monoisotopic (exact) mass is 446 g/mol. The van der Waals surface area contributed by atoms with Crippen molar-refractivity contribution < 1.29 is 18.0 Å². The number of likely N-dealkylation sites (tertiary alicyclic amines) is 1. The molecule has 1 aliphatic rings. The molecular formula is C22H25F3N6O. The van der Waals surface area contributed by atoms with Gasteiger partial charge >= 0.3 is 6.18 Å². The van der Waals surface area contributed by atoms with Crippen molar-refractivity contribution in [3.05, 3.63) is 54.1 Å². The van der Waals surface area contributed by atoms with Crippen molar-refractivity contribution in [1.82, 2.24) is 24.6 Å². The highest BCUT2D eigenvalue weighted by Crippen LogP contribution is 2.37. The van der Waals surface area contributed by atoms with Crippen molar-refractivity contribution in [1.29, 1.82) is 0 Å². The summed E-state index contributed by atoms with van der Waals surface area (Å²) in [5.41, 5.74) is -0.340. The summed E-state index contributed by atoms with van der Waals surface area (Å²) in [7, 11) is 0. The summed E-state index contributed by atoms with van der Waals surface area (Å²) in [6.45, 7) is 4.81. The van der Waals surface area contributed by atoms with Gasteiger partial charge in [0.25, 0.3) is 0 Å². The number of rotatable bonds is 6. The first-order valence-electron chi connectivity index (χ1n) is 10.5. The van der Waals surface area contributed by atoms with Gasteiger partial charge in [-0.2, -0.15) is 18.3 Å². The Kier molecular flexibility index (Phi) is 6.05. The number of nitrogens with one attached hydrogen (secondary N) is 2. The number of carbonyl (C=O) groups is 1. The Labute approximate surface area is 183 Å². The molecule has 3 aromatic rings. The molecule has 10 heteroatoms. The predicted molar refractivity (Wildman–Crippen MR) is 114 cm³/mol. The van der Waals surface area contributed by atoms with E-state index in [0.717, 1.165) is 18.9 Å². The van der Waals surface area contributed by atoms with E-state index >= 15 is 0 Å². The number of aromatic amines is 1. The summed E-state index contributed by atoms with van der Waals surface area (Å²) in [6.07, 6.45) is 0.249. The maximum Gasteiger partial charge on any atom is 0.417 e. The molecule has 1 atom stereocenters. The number of halogens is 3. The molecule has 1 amide bonds. The fraction of sp³-hybridized carbons (Fsp3) is 0.409. The fourth-order valence-electron chi connectivity index (χ4n) is 4.12. The number of H-pyrrole nitrogens is 1. The number of amides is 1. The molecule has 2 N–H and O–H groups in total. The number of hydrogen-bond acceptors (Lipinski definition) is 4. The third-order valence-electron chi connectivity index (χ3n) is 5.57. The van der Waals surface area contributed by atoms with E-state index < -0.39 is 11.7 Å². The average Bonchev–Trinajstić information content (AvgIpc) is 3.47. The van der Waals surface area contributed by atoms with Gasteiger partial charge in [-0.15, -0.1) is 0 Å². The van der Waals surface area contributed by atoms with Gasteiger partial charge < -0.3 is 10.3 Å². The minimum absolute atomic E-state index is 0.0583. The van der Waals surface area contributed by atoms with Crippen LogP contribution in [0.3, 0.4) is 0 Å². The van der Waals surface area contributed by atoms with Crippen LogP contribution >= 0.6 is 0 Å². The van der Waals surface area contributed by atoms with Crippen LogP contribution in [0, 0.1) is 0 Å². The molecular weight excluding hydrogens is 421 g/mol. The summed E-state index contributed by atoms with van der Waals surface area (Å²) >= 11 is 0. The molecule has 1 unspecified atom stereocenters. The number of hydrogen-bond donors (Lipinski definition) is 2. The molecule has 0 radical (unpaired) electrons. The number of nitrogens with zero attached hydrogens (tertiary/aromatic N) is 4. The third-order valence-corrected chi connectivity index (χ3v) is 5.57. The molecule has 1 aromatic carbocycles. The Morgan fingerprint density at radius 1 is 1.28 bits per heavy atom. The molecule has 7 nitrogen and oxygen atoms in total. The quantitative estimate of drug-likeness (QED) is 0.578. The molecule has 32 heavy (non-hydrogen) atoms. The molecule has 4 rings (SSSR count). The first kappa shape index (κ1) is 22.1. The lowest BCUT2D eigenvalue weighted by Gasteiger charge is -2.22. The van der Waals surface area contributed by atoms with Crippen LogP contribution in [-0.4, -0.2) is 43.6 Å². The molecule has 0 aliphatic carbocycles. The van der Waals surface area contributed by atoms with Crippen molar-refractivity contribution in [2.45, 2.75) is 44.9 Å². The highest BCUT2D eigenvalue weighted by molar-refractivity contribution is 5.91. The van der Waals surface area contributed by atoms with Crippen LogP contribution in [-0.2, 0) is 11.0 Å². The highest BCUT2D eigenvalue weighted by Gasteiger charge is 2.34. The van der Waals surface area contributed by atoms with E-state index in [0.29, 0.717) is 23.9 Å². The van der Waals surface area contributed by atoms with Crippen LogP contribution in [0.2, 0.25) is 0 Å². The summed E-state index contributed by atoms with van der Waals surface area (Å²) < 4.78 is 41.9. The van der Waals surface area contributed by atoms with Gasteiger partial charge in [0.15, 0.2) is 0 Å². The number of alkyl halides is 3. The normalized spacial score (nSPS) is 17.2. The Hall–Kier alpha value is -3.14. The zero-order valence-corrected chi connectivity index (χ0v) is 17.9. The maximum atomic E-state index is 13.4. The van der Waals surface area contributed by atoms with Crippen LogP contribution in [0.5, 0.6) is 0 Å². The molecule has 3 heterocycles. The Morgan fingerprint density at radius 2 is 2.06 bits per heavy atom. The maximum absolute atomic E-state index is 13.4. The van der Waals surface area contributed by atoms with Crippen molar-refractivity contribution >= 4 is 11.7 Å². The largest absolute Gasteiger partial charge is 0.417 e. The first-order valence-corrected chi connectivity index (χ1v) is 10.5. The second-order valence-corrected chi connectivity index (χ2v) is 8.16. The van der Waals surface area contributed by atoms with E-state index in [-0.39, 0.29) is 30.1 Å². The zero-order valence-electron chi connectivity index (χ0n) is 17.9. The highest BCUT2D eigenvalue weighted by atomic mass is 19.4. The van der Waals surface area contributed by atoms with E-state index in [2.05, 4.69) is 20.4 Å². The summed E-state index contributed by atoms with van der Waals surface area (Å²) in [4.78, 5) is 22.1. The van der Waals surface area contributed by atoms with Gasteiger partial charge in [-0.1, -0.05) is 18.2 Å². The summed E-state index contributed by atoms with van der Waals surface area (Å²) in [6, 6.07) is 7.12. The van der Waals surface area contributed by atoms with E-state index in [1.54, 1.807) is 23.0 Å². The zero-order chi connectivity index (χ0) is 22.9. The van der Waals surface area contributed by atoms with E-state index in [1.165, 1.54) is 18.3 Å². The second kappa shape index (κ2) is 8.78. The molecule has 1 fully saturated rings. The van der Waals surface area contributed by atoms with Crippen LogP contribution in [0.1, 0.15) is 50.2 Å². The fourth-order valence-corrected chi connectivity index (χ4v) is 4.12. The lowest BCUT2D eigenvalue weighted by atomic mass is 10.0. The number of benzene rings is 1. The van der Waals surface area contributed by atoms with E-state index in [1.807, 2.05) is 18.7 Å². The molecule has 0 spiro atoms. The van der Waals surface area contributed by atoms with Gasteiger partial charge in [-0.05, 0) is 39.3 Å². The van der Waals surface area contributed by atoms with Gasteiger partial charge in [-0.25, -0.2) is 9.67 Å². The molecule has 1 aliphatic heterocycles. The van der Waals surface area contributed by atoms with Crippen LogP contribution in [0.15, 0.2) is 42.7 Å².